The molecule has 0 aliphatic carbocycles. The Morgan fingerprint density at radius 1 is 0.963 bits per heavy atom. The molecular formula is C20H21N3O4. The van der Waals surface area contributed by atoms with Crippen LogP contribution in [-0.2, 0) is 9.59 Å². The van der Waals surface area contributed by atoms with Crippen molar-refractivity contribution in [3.63, 3.8) is 0 Å². The molecule has 7 nitrogen and oxygen atoms in total. The Balaban J connectivity index is 2.03. The second-order valence-corrected chi connectivity index (χ2v) is 5.52. The number of benzene rings is 2. The van der Waals surface area contributed by atoms with E-state index < -0.39 is 17.7 Å². The second-order valence-electron chi connectivity index (χ2n) is 5.52. The average Bonchev–Trinajstić information content (AvgIpc) is 2.66. The number of rotatable bonds is 6. The minimum absolute atomic E-state index is 0.0145. The highest BCUT2D eigenvalue weighted by molar-refractivity contribution is 6.03. The Morgan fingerprint density at radius 3 is 2.22 bits per heavy atom. The average molecular weight is 367 g/mol. The highest BCUT2D eigenvalue weighted by atomic mass is 16.5. The van der Waals surface area contributed by atoms with Crippen LogP contribution in [-0.4, -0.2) is 24.3 Å². The molecule has 0 fully saturated rings. The number of hydrazine groups is 1. The first-order chi connectivity index (χ1) is 13.0. The summed E-state index contributed by atoms with van der Waals surface area (Å²) in [6, 6.07) is 15.5. The third-order valence-corrected chi connectivity index (χ3v) is 3.38. The van der Waals surface area contributed by atoms with E-state index in [0.29, 0.717) is 17.9 Å². The summed E-state index contributed by atoms with van der Waals surface area (Å²) >= 11 is 0. The van der Waals surface area contributed by atoms with Crippen LogP contribution in [0.5, 0.6) is 5.75 Å². The molecule has 2 aromatic carbocycles. The SMILES string of the molecule is CCOc1ccc(C(=O)NNC(=O)/C(=C/c2ccccc2)NC(C)=O)cc1. The number of hydrogen-bond donors (Lipinski definition) is 3. The van der Waals surface area contributed by atoms with E-state index in [1.807, 2.05) is 25.1 Å². The van der Waals surface area contributed by atoms with Crippen molar-refractivity contribution < 1.29 is 19.1 Å². The zero-order chi connectivity index (χ0) is 19.6. The van der Waals surface area contributed by atoms with Crippen molar-refractivity contribution in [3.8, 4) is 5.75 Å². The van der Waals surface area contributed by atoms with Crippen molar-refractivity contribution in [2.75, 3.05) is 6.61 Å². The van der Waals surface area contributed by atoms with Gasteiger partial charge < -0.3 is 10.1 Å². The van der Waals surface area contributed by atoms with Gasteiger partial charge in [0, 0.05) is 12.5 Å². The lowest BCUT2D eigenvalue weighted by Gasteiger charge is -2.11. The summed E-state index contributed by atoms with van der Waals surface area (Å²) in [5.74, 6) is -0.886. The molecule has 0 saturated carbocycles. The predicted octanol–water partition coefficient (Wildman–Crippen LogP) is 2.02. The molecule has 7 heteroatoms. The number of nitrogens with one attached hydrogen (secondary N) is 3. The Kier molecular flexibility index (Phi) is 7.13. The monoisotopic (exact) mass is 367 g/mol. The highest BCUT2D eigenvalue weighted by Gasteiger charge is 2.13. The summed E-state index contributed by atoms with van der Waals surface area (Å²) in [5.41, 5.74) is 5.71. The van der Waals surface area contributed by atoms with Crippen molar-refractivity contribution in [3.05, 3.63) is 71.4 Å². The van der Waals surface area contributed by atoms with Crippen LogP contribution in [0.15, 0.2) is 60.3 Å². The van der Waals surface area contributed by atoms with Gasteiger partial charge in [0.25, 0.3) is 11.8 Å². The molecule has 0 heterocycles. The molecule has 2 aromatic rings. The molecule has 0 aliphatic rings. The van der Waals surface area contributed by atoms with E-state index in [0.717, 1.165) is 5.56 Å². The van der Waals surface area contributed by atoms with Crippen molar-refractivity contribution in [1.29, 1.82) is 0 Å². The molecule has 140 valence electrons. The zero-order valence-corrected chi connectivity index (χ0v) is 15.1. The molecule has 0 radical (unpaired) electrons. The molecule has 0 bridgehead atoms. The minimum atomic E-state index is -0.645. The minimum Gasteiger partial charge on any atom is -0.494 e. The summed E-state index contributed by atoms with van der Waals surface area (Å²) in [4.78, 5) is 35.8. The van der Waals surface area contributed by atoms with E-state index in [-0.39, 0.29) is 5.70 Å². The topological polar surface area (TPSA) is 96.5 Å². The maximum Gasteiger partial charge on any atom is 0.286 e. The summed E-state index contributed by atoms with van der Waals surface area (Å²) < 4.78 is 5.31. The van der Waals surface area contributed by atoms with E-state index in [2.05, 4.69) is 16.2 Å². The van der Waals surface area contributed by atoms with Gasteiger partial charge in [0.1, 0.15) is 11.4 Å². The van der Waals surface area contributed by atoms with E-state index in [9.17, 15) is 14.4 Å². The van der Waals surface area contributed by atoms with Crippen LogP contribution in [0, 0.1) is 0 Å². The first-order valence-corrected chi connectivity index (χ1v) is 8.37. The van der Waals surface area contributed by atoms with Crippen LogP contribution < -0.4 is 20.9 Å². The number of carbonyl (C=O) groups excluding carboxylic acids is 3. The molecule has 0 aliphatic heterocycles. The smallest absolute Gasteiger partial charge is 0.286 e. The van der Waals surface area contributed by atoms with Crippen LogP contribution in [0.4, 0.5) is 0 Å². The van der Waals surface area contributed by atoms with Gasteiger partial charge in [-0.05, 0) is 42.8 Å². The second kappa shape index (κ2) is 9.76. The van der Waals surface area contributed by atoms with E-state index in [4.69, 9.17) is 4.74 Å². The van der Waals surface area contributed by atoms with Crippen LogP contribution >= 0.6 is 0 Å². The van der Waals surface area contributed by atoms with Gasteiger partial charge in [0.15, 0.2) is 0 Å². The number of amides is 3. The van der Waals surface area contributed by atoms with E-state index >= 15 is 0 Å². The fraction of sp³-hybridized carbons (Fsp3) is 0.150. The van der Waals surface area contributed by atoms with Crippen molar-refractivity contribution >= 4 is 23.8 Å². The summed E-state index contributed by atoms with van der Waals surface area (Å²) in [6.07, 6.45) is 1.51. The number of hydrogen-bond acceptors (Lipinski definition) is 4. The molecule has 2 rings (SSSR count). The first kappa shape index (κ1) is 19.7. The molecule has 0 unspecified atom stereocenters. The van der Waals surface area contributed by atoms with E-state index in [1.165, 1.54) is 13.0 Å². The van der Waals surface area contributed by atoms with Gasteiger partial charge in [-0.1, -0.05) is 30.3 Å². The Morgan fingerprint density at radius 2 is 1.63 bits per heavy atom. The molecule has 0 aromatic heterocycles. The Bertz CT molecular complexity index is 830. The van der Waals surface area contributed by atoms with Gasteiger partial charge in [-0.3, -0.25) is 25.2 Å². The van der Waals surface area contributed by atoms with Crippen LogP contribution in [0.25, 0.3) is 6.08 Å². The quantitative estimate of drug-likeness (QED) is 0.538. The lowest BCUT2D eigenvalue weighted by Crippen LogP contribution is -2.44. The molecule has 3 amide bonds. The highest BCUT2D eigenvalue weighted by Crippen LogP contribution is 2.11. The van der Waals surface area contributed by atoms with Gasteiger partial charge in [-0.2, -0.15) is 0 Å². The van der Waals surface area contributed by atoms with Crippen molar-refractivity contribution in [2.45, 2.75) is 13.8 Å². The fourth-order valence-electron chi connectivity index (χ4n) is 2.19. The van der Waals surface area contributed by atoms with Gasteiger partial charge in [-0.25, -0.2) is 0 Å². The fourth-order valence-corrected chi connectivity index (χ4v) is 2.19. The third-order valence-electron chi connectivity index (χ3n) is 3.38. The predicted molar refractivity (Wildman–Crippen MR) is 101 cm³/mol. The maximum atomic E-state index is 12.3. The molecule has 0 atom stereocenters. The number of ether oxygens (including phenoxy) is 1. The molecule has 0 spiro atoms. The lowest BCUT2D eigenvalue weighted by atomic mass is 10.2. The van der Waals surface area contributed by atoms with Crippen LogP contribution in [0.3, 0.4) is 0 Å². The van der Waals surface area contributed by atoms with Gasteiger partial charge in [0.05, 0.1) is 6.61 Å². The first-order valence-electron chi connectivity index (χ1n) is 8.37. The Hall–Kier alpha value is -3.61. The van der Waals surface area contributed by atoms with E-state index in [1.54, 1.807) is 36.4 Å². The van der Waals surface area contributed by atoms with Crippen molar-refractivity contribution in [1.82, 2.24) is 16.2 Å². The molecule has 3 N–H and O–H groups in total. The standard InChI is InChI=1S/C20H21N3O4/c1-3-27-17-11-9-16(10-12-17)19(25)22-23-20(26)18(21-14(2)24)13-15-7-5-4-6-8-15/h4-13H,3H2,1-2H3,(H,21,24)(H,22,25)(H,23,26)/b18-13-. The summed E-state index contributed by atoms with van der Waals surface area (Å²) in [6.45, 7) is 3.69. The molecular weight excluding hydrogens is 346 g/mol. The van der Waals surface area contributed by atoms with Crippen LogP contribution in [0.2, 0.25) is 0 Å². The largest absolute Gasteiger partial charge is 0.494 e. The van der Waals surface area contributed by atoms with Gasteiger partial charge in [-0.15, -0.1) is 0 Å². The maximum absolute atomic E-state index is 12.3. The molecule has 0 saturated heterocycles. The lowest BCUT2D eigenvalue weighted by molar-refractivity contribution is -0.122. The van der Waals surface area contributed by atoms with Crippen molar-refractivity contribution in [2.24, 2.45) is 0 Å². The zero-order valence-electron chi connectivity index (χ0n) is 15.1. The molecule has 27 heavy (non-hydrogen) atoms. The summed E-state index contributed by atoms with van der Waals surface area (Å²) in [7, 11) is 0. The van der Waals surface area contributed by atoms with Crippen LogP contribution in [0.1, 0.15) is 29.8 Å². The summed E-state index contributed by atoms with van der Waals surface area (Å²) in [5, 5.41) is 2.46. The number of carbonyl (C=O) groups is 3. The van der Waals surface area contributed by atoms with Gasteiger partial charge in [0.2, 0.25) is 5.91 Å². The normalized spacial score (nSPS) is 10.7. The Labute approximate surface area is 157 Å². The third kappa shape index (κ3) is 6.32. The van der Waals surface area contributed by atoms with Gasteiger partial charge >= 0.3 is 0 Å².